The zero-order chi connectivity index (χ0) is 18.0. The van der Waals surface area contributed by atoms with Crippen molar-refractivity contribution in [2.45, 2.75) is 65.0 Å². The van der Waals surface area contributed by atoms with Gasteiger partial charge >= 0.3 is 6.09 Å². The largest absolute Gasteiger partial charge is 0.444 e. The fraction of sp³-hybridized carbons (Fsp3) is 0.650. The van der Waals surface area contributed by atoms with E-state index in [0.717, 1.165) is 13.0 Å². The van der Waals surface area contributed by atoms with E-state index >= 15 is 0 Å². The summed E-state index contributed by atoms with van der Waals surface area (Å²) in [5, 5.41) is 3.51. The molecule has 1 aliphatic heterocycles. The summed E-state index contributed by atoms with van der Waals surface area (Å²) in [7, 11) is 0. The number of benzene rings is 1. The molecule has 1 amide bonds. The molecule has 0 unspecified atom stereocenters. The summed E-state index contributed by atoms with van der Waals surface area (Å²) in [5.74, 6) is 0. The first kappa shape index (κ1) is 18.8. The fourth-order valence-electron chi connectivity index (χ4n) is 2.88. The first-order chi connectivity index (χ1) is 11.0. The number of carbonyl (C=O) groups excluding carboxylic acids is 1. The lowest BCUT2D eigenvalue weighted by molar-refractivity contribution is 0.0195. The number of hydrogen-bond acceptors (Lipinski definition) is 3. The Bertz CT molecular complexity index is 552. The first-order valence-electron chi connectivity index (χ1n) is 8.85. The molecule has 0 aromatic heterocycles. The molecular weight excluding hydrogens is 300 g/mol. The van der Waals surface area contributed by atoms with Gasteiger partial charge in [-0.05, 0) is 43.7 Å². The van der Waals surface area contributed by atoms with Crippen molar-refractivity contribution >= 4 is 6.09 Å². The molecule has 24 heavy (non-hydrogen) atoms. The molecule has 0 saturated carbocycles. The van der Waals surface area contributed by atoms with Gasteiger partial charge in [0.1, 0.15) is 5.60 Å². The molecule has 1 N–H and O–H groups in total. The predicted molar refractivity (Wildman–Crippen MR) is 98.4 cm³/mol. The lowest BCUT2D eigenvalue weighted by Gasteiger charge is -2.35. The molecule has 4 heteroatoms. The van der Waals surface area contributed by atoms with Gasteiger partial charge in [0.25, 0.3) is 0 Å². The van der Waals surface area contributed by atoms with Gasteiger partial charge in [-0.15, -0.1) is 0 Å². The molecule has 1 aromatic carbocycles. The van der Waals surface area contributed by atoms with Crippen molar-refractivity contribution < 1.29 is 9.53 Å². The van der Waals surface area contributed by atoms with Crippen LogP contribution in [-0.2, 0) is 16.6 Å². The van der Waals surface area contributed by atoms with E-state index in [4.69, 9.17) is 4.74 Å². The van der Waals surface area contributed by atoms with Gasteiger partial charge in [-0.1, -0.05) is 45.0 Å². The minimum absolute atomic E-state index is 0.176. The van der Waals surface area contributed by atoms with Crippen LogP contribution in [0.2, 0.25) is 0 Å². The van der Waals surface area contributed by atoms with Crippen molar-refractivity contribution in [1.82, 2.24) is 10.2 Å². The zero-order valence-electron chi connectivity index (χ0n) is 16.0. The van der Waals surface area contributed by atoms with Gasteiger partial charge in [0.15, 0.2) is 0 Å². The molecule has 1 saturated heterocycles. The highest BCUT2D eigenvalue weighted by Gasteiger charge is 2.27. The van der Waals surface area contributed by atoms with Gasteiger partial charge < -0.3 is 15.0 Å². The Hall–Kier alpha value is -1.55. The average molecular weight is 332 g/mol. The highest BCUT2D eigenvalue weighted by molar-refractivity contribution is 5.68. The van der Waals surface area contributed by atoms with E-state index in [0.29, 0.717) is 13.1 Å². The van der Waals surface area contributed by atoms with Crippen molar-refractivity contribution in [3.8, 4) is 0 Å². The predicted octanol–water partition coefficient (Wildman–Crippen LogP) is 3.74. The molecule has 134 valence electrons. The third-order valence-corrected chi connectivity index (χ3v) is 4.21. The van der Waals surface area contributed by atoms with Gasteiger partial charge in [-0.3, -0.25) is 0 Å². The van der Waals surface area contributed by atoms with E-state index in [1.807, 2.05) is 25.7 Å². The average Bonchev–Trinajstić information content (AvgIpc) is 2.45. The second-order valence-electron chi connectivity index (χ2n) is 8.73. The maximum atomic E-state index is 12.2. The van der Waals surface area contributed by atoms with E-state index in [2.05, 4.69) is 50.4 Å². The molecule has 1 aromatic rings. The van der Waals surface area contributed by atoms with Crippen LogP contribution in [0, 0.1) is 0 Å². The Morgan fingerprint density at radius 3 is 2.33 bits per heavy atom. The molecule has 0 radical (unpaired) electrons. The number of hydrogen-bond donors (Lipinski definition) is 1. The van der Waals surface area contributed by atoms with Crippen LogP contribution in [0.15, 0.2) is 24.3 Å². The van der Waals surface area contributed by atoms with Gasteiger partial charge in [0, 0.05) is 25.7 Å². The molecule has 1 aliphatic rings. The monoisotopic (exact) mass is 332 g/mol. The van der Waals surface area contributed by atoms with E-state index in [9.17, 15) is 4.79 Å². The third kappa shape index (κ3) is 5.52. The lowest BCUT2D eigenvalue weighted by Crippen LogP contribution is -2.54. The molecule has 1 fully saturated rings. The Balaban J connectivity index is 1.94. The molecule has 0 bridgehead atoms. The maximum absolute atomic E-state index is 12.2. The number of ether oxygens (including phenoxy) is 1. The minimum Gasteiger partial charge on any atom is -0.444 e. The molecular formula is C20H32N2O2. The van der Waals surface area contributed by atoms with E-state index < -0.39 is 5.60 Å². The fourth-order valence-corrected chi connectivity index (χ4v) is 2.88. The van der Waals surface area contributed by atoms with E-state index in [-0.39, 0.29) is 17.6 Å². The third-order valence-electron chi connectivity index (χ3n) is 4.21. The van der Waals surface area contributed by atoms with Crippen LogP contribution in [0.4, 0.5) is 4.79 Å². The molecule has 4 nitrogen and oxygen atoms in total. The number of nitrogens with one attached hydrogen (secondary N) is 1. The van der Waals surface area contributed by atoms with Gasteiger partial charge in [-0.2, -0.15) is 0 Å². The Labute approximate surface area is 146 Å². The van der Waals surface area contributed by atoms with Crippen LogP contribution >= 0.6 is 0 Å². The summed E-state index contributed by atoms with van der Waals surface area (Å²) in [6, 6.07) is 9.10. The van der Waals surface area contributed by atoms with Crippen molar-refractivity contribution in [3.05, 3.63) is 35.4 Å². The van der Waals surface area contributed by atoms with Crippen LogP contribution in [0.1, 0.15) is 52.7 Å². The number of amides is 1. The lowest BCUT2D eigenvalue weighted by atomic mass is 9.86. The van der Waals surface area contributed by atoms with Crippen molar-refractivity contribution in [2.24, 2.45) is 0 Å². The smallest absolute Gasteiger partial charge is 0.410 e. The topological polar surface area (TPSA) is 41.6 Å². The van der Waals surface area contributed by atoms with Crippen LogP contribution in [-0.4, -0.2) is 42.3 Å². The van der Waals surface area contributed by atoms with Crippen LogP contribution in [0.25, 0.3) is 0 Å². The van der Waals surface area contributed by atoms with E-state index in [1.165, 1.54) is 11.1 Å². The summed E-state index contributed by atoms with van der Waals surface area (Å²) >= 11 is 0. The Morgan fingerprint density at radius 1 is 1.17 bits per heavy atom. The Morgan fingerprint density at radius 2 is 1.79 bits per heavy atom. The maximum Gasteiger partial charge on any atom is 0.410 e. The number of piperazine rings is 1. The van der Waals surface area contributed by atoms with Gasteiger partial charge in [-0.25, -0.2) is 4.79 Å². The quantitative estimate of drug-likeness (QED) is 0.897. The first-order valence-corrected chi connectivity index (χ1v) is 8.85. The summed E-state index contributed by atoms with van der Waals surface area (Å²) < 4.78 is 5.49. The molecule has 0 spiro atoms. The van der Waals surface area contributed by atoms with Crippen LogP contribution in [0.5, 0.6) is 0 Å². The van der Waals surface area contributed by atoms with E-state index in [1.54, 1.807) is 0 Å². The number of rotatable bonds is 2. The van der Waals surface area contributed by atoms with Crippen LogP contribution in [0.3, 0.4) is 0 Å². The summed E-state index contributed by atoms with van der Waals surface area (Å²) in [6.45, 7) is 14.6. The second-order valence-corrected chi connectivity index (χ2v) is 8.73. The highest BCUT2D eigenvalue weighted by Crippen LogP contribution is 2.22. The Kier molecular flexibility index (Phi) is 5.59. The van der Waals surface area contributed by atoms with Crippen molar-refractivity contribution in [2.75, 3.05) is 19.6 Å². The minimum atomic E-state index is -0.444. The van der Waals surface area contributed by atoms with Gasteiger partial charge in [0.05, 0.1) is 0 Å². The standard InChI is InChI=1S/C20H32N2O2/c1-19(2,3)16-9-7-15(8-10-16)13-17-14-22(12-11-21-17)18(23)24-20(4,5)6/h7-10,17,21H,11-14H2,1-6H3/t17-/m1/s1. The summed E-state index contributed by atoms with van der Waals surface area (Å²) in [5.41, 5.74) is 2.37. The molecule has 0 aliphatic carbocycles. The molecule has 2 rings (SSSR count). The normalized spacial score (nSPS) is 19.2. The number of nitrogens with zero attached hydrogens (tertiary/aromatic N) is 1. The highest BCUT2D eigenvalue weighted by atomic mass is 16.6. The molecule has 1 atom stereocenters. The SMILES string of the molecule is CC(C)(C)OC(=O)N1CCN[C@H](Cc2ccc(C(C)(C)C)cc2)C1. The number of carbonyl (C=O) groups is 1. The summed E-state index contributed by atoms with van der Waals surface area (Å²) in [4.78, 5) is 14.1. The zero-order valence-corrected chi connectivity index (χ0v) is 16.0. The van der Waals surface area contributed by atoms with Crippen molar-refractivity contribution in [1.29, 1.82) is 0 Å². The molecule has 1 heterocycles. The van der Waals surface area contributed by atoms with Gasteiger partial charge in [0.2, 0.25) is 0 Å². The summed E-state index contributed by atoms with van der Waals surface area (Å²) in [6.07, 6.45) is 0.709. The van der Waals surface area contributed by atoms with Crippen molar-refractivity contribution in [3.63, 3.8) is 0 Å². The second kappa shape index (κ2) is 7.14. The van der Waals surface area contributed by atoms with Crippen LogP contribution < -0.4 is 5.32 Å².